The molecule has 0 unspecified atom stereocenters. The first-order valence-corrected chi connectivity index (χ1v) is 6.63. The second kappa shape index (κ2) is 4.98. The number of hydrogen-bond donors (Lipinski definition) is 0. The van der Waals surface area contributed by atoms with Gasteiger partial charge in [-0.25, -0.2) is 13.8 Å². The van der Waals surface area contributed by atoms with Crippen molar-refractivity contribution < 1.29 is 8.78 Å². The summed E-state index contributed by atoms with van der Waals surface area (Å²) < 4.78 is 28.0. The topological polar surface area (TPSA) is 34.9 Å². The zero-order chi connectivity index (χ0) is 14.3. The SMILES string of the molecule is O=c1cc(Cl)nc(C2CC2)n1Cc1ccc(F)cc1F. The van der Waals surface area contributed by atoms with Crippen LogP contribution in [0.3, 0.4) is 0 Å². The van der Waals surface area contributed by atoms with Crippen LogP contribution in [0.4, 0.5) is 8.78 Å². The Hall–Kier alpha value is -1.75. The van der Waals surface area contributed by atoms with E-state index in [1.807, 2.05) is 0 Å². The minimum Gasteiger partial charge on any atom is -0.292 e. The van der Waals surface area contributed by atoms with Crippen molar-refractivity contribution in [1.29, 1.82) is 0 Å². The fourth-order valence-electron chi connectivity index (χ4n) is 2.13. The predicted octanol–water partition coefficient (Wildman–Crippen LogP) is 3.10. The maximum Gasteiger partial charge on any atom is 0.255 e. The highest BCUT2D eigenvalue weighted by atomic mass is 35.5. The van der Waals surface area contributed by atoms with E-state index in [2.05, 4.69) is 4.98 Å². The summed E-state index contributed by atoms with van der Waals surface area (Å²) in [7, 11) is 0. The standard InChI is InChI=1S/C14H11ClF2N2O/c15-12-6-13(20)19(14(18-12)8-1-2-8)7-9-3-4-10(16)5-11(9)17/h3-6,8H,1-2,7H2. The van der Waals surface area contributed by atoms with E-state index in [9.17, 15) is 13.6 Å². The highest BCUT2D eigenvalue weighted by Gasteiger charge is 2.29. The molecule has 6 heteroatoms. The molecule has 0 bridgehead atoms. The number of hydrogen-bond acceptors (Lipinski definition) is 2. The summed E-state index contributed by atoms with van der Waals surface area (Å²) in [5.74, 6) is -0.542. The fraction of sp³-hybridized carbons (Fsp3) is 0.286. The van der Waals surface area contributed by atoms with Crippen LogP contribution in [-0.4, -0.2) is 9.55 Å². The lowest BCUT2D eigenvalue weighted by atomic mass is 10.2. The van der Waals surface area contributed by atoms with Crippen molar-refractivity contribution in [3.63, 3.8) is 0 Å². The van der Waals surface area contributed by atoms with E-state index in [0.29, 0.717) is 5.82 Å². The maximum absolute atomic E-state index is 13.7. The Kier molecular flexibility index (Phi) is 3.30. The number of rotatable bonds is 3. The molecule has 2 aromatic rings. The highest BCUT2D eigenvalue weighted by molar-refractivity contribution is 6.29. The van der Waals surface area contributed by atoms with Crippen molar-refractivity contribution in [2.24, 2.45) is 0 Å². The van der Waals surface area contributed by atoms with Gasteiger partial charge in [0, 0.05) is 23.6 Å². The van der Waals surface area contributed by atoms with Crippen LogP contribution >= 0.6 is 11.6 Å². The van der Waals surface area contributed by atoms with Gasteiger partial charge in [0.25, 0.3) is 5.56 Å². The van der Waals surface area contributed by atoms with Gasteiger partial charge in [0.15, 0.2) is 0 Å². The number of aromatic nitrogens is 2. The van der Waals surface area contributed by atoms with Crippen LogP contribution in [0.2, 0.25) is 5.15 Å². The van der Waals surface area contributed by atoms with E-state index in [0.717, 1.165) is 18.9 Å². The molecule has 20 heavy (non-hydrogen) atoms. The van der Waals surface area contributed by atoms with E-state index < -0.39 is 11.6 Å². The molecule has 0 amide bonds. The van der Waals surface area contributed by atoms with Crippen molar-refractivity contribution in [2.45, 2.75) is 25.3 Å². The van der Waals surface area contributed by atoms with Crippen molar-refractivity contribution in [1.82, 2.24) is 9.55 Å². The molecule has 0 saturated heterocycles. The van der Waals surface area contributed by atoms with Crippen LogP contribution in [0.15, 0.2) is 29.1 Å². The normalized spacial score (nSPS) is 14.6. The lowest BCUT2D eigenvalue weighted by Crippen LogP contribution is -2.25. The van der Waals surface area contributed by atoms with Gasteiger partial charge in [0.2, 0.25) is 0 Å². The summed E-state index contributed by atoms with van der Waals surface area (Å²) in [6, 6.07) is 4.52. The first-order valence-electron chi connectivity index (χ1n) is 6.26. The largest absolute Gasteiger partial charge is 0.292 e. The molecule has 1 aromatic heterocycles. The van der Waals surface area contributed by atoms with Gasteiger partial charge < -0.3 is 0 Å². The van der Waals surface area contributed by atoms with Crippen molar-refractivity contribution >= 4 is 11.6 Å². The lowest BCUT2D eigenvalue weighted by Gasteiger charge is -2.12. The Balaban J connectivity index is 2.04. The molecule has 1 aromatic carbocycles. The quantitative estimate of drug-likeness (QED) is 0.816. The minimum absolute atomic E-state index is 0.0287. The molecule has 0 radical (unpaired) electrons. The second-order valence-corrected chi connectivity index (χ2v) is 5.26. The molecule has 1 saturated carbocycles. The smallest absolute Gasteiger partial charge is 0.255 e. The van der Waals surface area contributed by atoms with Crippen molar-refractivity contribution in [3.05, 3.63) is 62.8 Å². The average molecular weight is 297 g/mol. The van der Waals surface area contributed by atoms with Gasteiger partial charge in [-0.15, -0.1) is 0 Å². The first kappa shape index (κ1) is 13.2. The summed E-state index contributed by atoms with van der Waals surface area (Å²) in [5, 5.41) is 0.146. The van der Waals surface area contributed by atoms with Gasteiger partial charge in [-0.1, -0.05) is 17.7 Å². The van der Waals surface area contributed by atoms with Crippen LogP contribution in [0.25, 0.3) is 0 Å². The van der Waals surface area contributed by atoms with Crippen LogP contribution in [0.5, 0.6) is 0 Å². The monoisotopic (exact) mass is 296 g/mol. The van der Waals surface area contributed by atoms with Gasteiger partial charge in [-0.2, -0.15) is 0 Å². The Morgan fingerprint density at radius 2 is 2.05 bits per heavy atom. The van der Waals surface area contributed by atoms with E-state index in [-0.39, 0.29) is 28.7 Å². The van der Waals surface area contributed by atoms with Crippen LogP contribution in [-0.2, 0) is 6.54 Å². The van der Waals surface area contributed by atoms with E-state index in [1.54, 1.807) is 0 Å². The number of nitrogens with zero attached hydrogens (tertiary/aromatic N) is 2. The molecule has 1 heterocycles. The molecule has 104 valence electrons. The molecule has 1 aliphatic carbocycles. The summed E-state index contributed by atoms with van der Waals surface area (Å²) in [6.07, 6.45) is 1.89. The van der Waals surface area contributed by atoms with Gasteiger partial charge in [0.05, 0.1) is 6.54 Å². The Morgan fingerprint density at radius 3 is 2.70 bits per heavy atom. The first-order chi connectivity index (χ1) is 9.54. The van der Waals surface area contributed by atoms with Crippen LogP contribution in [0, 0.1) is 11.6 Å². The molecule has 3 nitrogen and oxygen atoms in total. The average Bonchev–Trinajstić information content (AvgIpc) is 3.19. The third-order valence-electron chi connectivity index (χ3n) is 3.29. The molecule has 0 aliphatic heterocycles. The Labute approximate surface area is 118 Å². The lowest BCUT2D eigenvalue weighted by molar-refractivity contribution is 0.558. The van der Waals surface area contributed by atoms with Gasteiger partial charge in [-0.05, 0) is 18.9 Å². The maximum atomic E-state index is 13.7. The van der Waals surface area contributed by atoms with Gasteiger partial charge >= 0.3 is 0 Å². The third kappa shape index (κ3) is 2.58. The number of halogens is 3. The molecule has 1 fully saturated rings. The second-order valence-electron chi connectivity index (χ2n) is 4.87. The van der Waals surface area contributed by atoms with Crippen LogP contribution in [0.1, 0.15) is 30.1 Å². The molecular formula is C14H11ClF2N2O. The van der Waals surface area contributed by atoms with E-state index in [4.69, 9.17) is 11.6 Å². The molecular weight excluding hydrogens is 286 g/mol. The highest BCUT2D eigenvalue weighted by Crippen LogP contribution is 2.39. The van der Waals surface area contributed by atoms with Crippen LogP contribution < -0.4 is 5.56 Å². The van der Waals surface area contributed by atoms with E-state index >= 15 is 0 Å². The molecule has 0 spiro atoms. The van der Waals surface area contributed by atoms with Crippen molar-refractivity contribution in [2.75, 3.05) is 0 Å². The minimum atomic E-state index is -0.673. The molecule has 1 aliphatic rings. The fourth-order valence-corrected chi connectivity index (χ4v) is 2.31. The van der Waals surface area contributed by atoms with Crippen molar-refractivity contribution in [3.8, 4) is 0 Å². The number of benzene rings is 1. The molecule has 0 N–H and O–H groups in total. The summed E-state index contributed by atoms with van der Waals surface area (Å²) in [6.45, 7) is 0.0287. The zero-order valence-electron chi connectivity index (χ0n) is 10.4. The van der Waals surface area contributed by atoms with E-state index in [1.165, 1.54) is 22.8 Å². The molecule has 3 rings (SSSR count). The van der Waals surface area contributed by atoms with Gasteiger partial charge in [0.1, 0.15) is 22.6 Å². The zero-order valence-corrected chi connectivity index (χ0v) is 11.2. The summed E-state index contributed by atoms with van der Waals surface area (Å²) in [4.78, 5) is 16.2. The van der Waals surface area contributed by atoms with Gasteiger partial charge in [-0.3, -0.25) is 9.36 Å². The Bertz CT molecular complexity index is 726. The summed E-state index contributed by atoms with van der Waals surface area (Å²) >= 11 is 5.80. The molecule has 0 atom stereocenters. The third-order valence-corrected chi connectivity index (χ3v) is 3.49. The predicted molar refractivity (Wildman–Crippen MR) is 70.9 cm³/mol. The Morgan fingerprint density at radius 1 is 1.30 bits per heavy atom. The summed E-state index contributed by atoms with van der Waals surface area (Å²) in [5.41, 5.74) is -0.0739.